The van der Waals surface area contributed by atoms with Gasteiger partial charge in [-0.05, 0) is 23.6 Å². The van der Waals surface area contributed by atoms with Crippen LogP contribution < -0.4 is 5.56 Å². The van der Waals surface area contributed by atoms with Crippen molar-refractivity contribution >= 4 is 33.2 Å². The number of carbonyl (C=O) groups excluding carboxylic acids is 1. The summed E-state index contributed by atoms with van der Waals surface area (Å²) in [5, 5.41) is 20.6. The molecule has 0 aliphatic rings. The van der Waals surface area contributed by atoms with E-state index < -0.39 is 10.9 Å². The van der Waals surface area contributed by atoms with Gasteiger partial charge in [0.15, 0.2) is 6.61 Å². The number of carbonyl (C=O) groups is 1. The van der Waals surface area contributed by atoms with E-state index in [9.17, 15) is 19.7 Å². The van der Waals surface area contributed by atoms with Gasteiger partial charge in [-0.2, -0.15) is 0 Å². The molecule has 0 saturated carbocycles. The highest BCUT2D eigenvalue weighted by Gasteiger charge is 2.13. The molecule has 0 aliphatic heterocycles. The van der Waals surface area contributed by atoms with Crippen molar-refractivity contribution < 1.29 is 18.9 Å². The topological polar surface area (TPSA) is 143 Å². The molecule has 0 aliphatic carbocycles. The number of rotatable bonds is 7. The van der Waals surface area contributed by atoms with E-state index >= 15 is 0 Å². The van der Waals surface area contributed by atoms with E-state index in [1.165, 1.54) is 46.5 Å². The molecule has 4 aromatic rings. The Balaban J connectivity index is 1.32. The number of aryl methyl sites for hydroxylation is 1. The second kappa shape index (κ2) is 8.21. The number of esters is 1. The van der Waals surface area contributed by atoms with Crippen LogP contribution in [-0.4, -0.2) is 30.6 Å². The highest BCUT2D eigenvalue weighted by molar-refractivity contribution is 7.16. The van der Waals surface area contributed by atoms with E-state index in [-0.39, 0.29) is 42.6 Å². The van der Waals surface area contributed by atoms with Gasteiger partial charge in [0, 0.05) is 24.2 Å². The monoisotopic (exact) mass is 427 g/mol. The first-order valence-electron chi connectivity index (χ1n) is 8.67. The van der Waals surface area contributed by atoms with Crippen molar-refractivity contribution in [3.8, 4) is 11.5 Å². The van der Waals surface area contributed by atoms with Gasteiger partial charge in [0.1, 0.15) is 4.83 Å². The largest absolute Gasteiger partial charge is 0.456 e. The van der Waals surface area contributed by atoms with Gasteiger partial charge in [0.25, 0.3) is 17.1 Å². The number of non-ortho nitro benzene ring substituents is 1. The lowest BCUT2D eigenvalue weighted by molar-refractivity contribution is -0.384. The normalized spacial score (nSPS) is 10.9. The number of ether oxygens (including phenoxy) is 1. The van der Waals surface area contributed by atoms with E-state index in [1.807, 2.05) is 0 Å². The van der Waals surface area contributed by atoms with E-state index in [1.54, 1.807) is 11.4 Å². The van der Waals surface area contributed by atoms with Crippen LogP contribution in [0.4, 0.5) is 5.69 Å². The van der Waals surface area contributed by atoms with E-state index in [4.69, 9.17) is 9.15 Å². The summed E-state index contributed by atoms with van der Waals surface area (Å²) in [6, 6.07) is 7.31. The molecule has 0 amide bonds. The quantitative estimate of drug-likeness (QED) is 0.247. The first kappa shape index (κ1) is 19.4. The highest BCUT2D eigenvalue weighted by atomic mass is 32.1. The molecule has 3 aromatic heterocycles. The molecule has 0 bridgehead atoms. The molecule has 152 valence electrons. The fourth-order valence-electron chi connectivity index (χ4n) is 2.63. The summed E-state index contributed by atoms with van der Waals surface area (Å²) in [6.45, 7) is -0.0934. The number of thiophene rings is 1. The third-order valence-electron chi connectivity index (χ3n) is 4.16. The molecule has 0 spiro atoms. The molecular formula is C18H13N5O6S. The lowest BCUT2D eigenvalue weighted by atomic mass is 10.2. The number of nitro benzene ring substituents is 1. The molecule has 12 heteroatoms. The molecule has 3 heterocycles. The number of nitrogens with zero attached hydrogens (tertiary/aromatic N) is 5. The van der Waals surface area contributed by atoms with Crippen LogP contribution in [0.15, 0.2) is 51.3 Å². The van der Waals surface area contributed by atoms with Crippen molar-refractivity contribution in [2.24, 2.45) is 0 Å². The highest BCUT2D eigenvalue weighted by Crippen LogP contribution is 2.21. The standard InChI is InChI=1S/C18H13N5O6S/c24-15(5-7-22-10-19-17-13(18(22)25)6-8-30-17)28-9-14-20-21-16(29-14)11-1-3-12(4-2-11)23(26)27/h1-4,6,8,10H,5,7,9H2. The second-order valence-corrected chi connectivity index (χ2v) is 6.99. The minimum Gasteiger partial charge on any atom is -0.456 e. The average Bonchev–Trinajstić information content (AvgIpc) is 3.42. The zero-order valence-corrected chi connectivity index (χ0v) is 16.1. The van der Waals surface area contributed by atoms with Crippen LogP contribution in [0, 0.1) is 10.1 Å². The van der Waals surface area contributed by atoms with Crippen molar-refractivity contribution in [3.05, 3.63) is 68.4 Å². The molecule has 11 nitrogen and oxygen atoms in total. The Morgan fingerprint density at radius 1 is 1.23 bits per heavy atom. The molecule has 0 unspecified atom stereocenters. The maximum atomic E-state index is 12.3. The molecular weight excluding hydrogens is 414 g/mol. The Morgan fingerprint density at radius 2 is 2.03 bits per heavy atom. The fraction of sp³-hybridized carbons (Fsp3) is 0.167. The Bertz CT molecular complexity index is 1280. The zero-order valence-electron chi connectivity index (χ0n) is 15.3. The summed E-state index contributed by atoms with van der Waals surface area (Å²) in [5.41, 5.74) is 0.236. The molecule has 0 N–H and O–H groups in total. The van der Waals surface area contributed by atoms with Gasteiger partial charge in [-0.1, -0.05) is 0 Å². The number of aromatic nitrogens is 4. The third-order valence-corrected chi connectivity index (χ3v) is 4.98. The lowest BCUT2D eigenvalue weighted by Crippen LogP contribution is -2.21. The van der Waals surface area contributed by atoms with Crippen molar-refractivity contribution in [1.82, 2.24) is 19.7 Å². The first-order valence-corrected chi connectivity index (χ1v) is 9.55. The maximum absolute atomic E-state index is 12.3. The van der Waals surface area contributed by atoms with Crippen LogP contribution in [0.5, 0.6) is 0 Å². The summed E-state index contributed by atoms with van der Waals surface area (Å²) < 4.78 is 11.9. The molecule has 0 radical (unpaired) electrons. The number of benzene rings is 1. The molecule has 30 heavy (non-hydrogen) atoms. The Morgan fingerprint density at radius 3 is 2.80 bits per heavy atom. The average molecular weight is 427 g/mol. The fourth-order valence-corrected chi connectivity index (χ4v) is 3.36. The van der Waals surface area contributed by atoms with Gasteiger partial charge in [0.05, 0.1) is 23.1 Å². The number of hydrogen-bond donors (Lipinski definition) is 0. The number of fused-ring (bicyclic) bond motifs is 1. The lowest BCUT2D eigenvalue weighted by Gasteiger charge is -2.05. The van der Waals surface area contributed by atoms with Crippen LogP contribution in [0.1, 0.15) is 12.3 Å². The minimum absolute atomic E-state index is 0.0272. The van der Waals surface area contributed by atoms with Crippen molar-refractivity contribution in [2.75, 3.05) is 0 Å². The van der Waals surface area contributed by atoms with Gasteiger partial charge >= 0.3 is 5.97 Å². The van der Waals surface area contributed by atoms with Gasteiger partial charge in [0.2, 0.25) is 5.89 Å². The van der Waals surface area contributed by atoms with Crippen LogP contribution >= 0.6 is 11.3 Å². The summed E-state index contributed by atoms with van der Waals surface area (Å²) in [7, 11) is 0. The number of hydrogen-bond acceptors (Lipinski definition) is 10. The van der Waals surface area contributed by atoms with Crippen LogP contribution in [0.3, 0.4) is 0 Å². The van der Waals surface area contributed by atoms with Gasteiger partial charge in [-0.15, -0.1) is 21.5 Å². The SMILES string of the molecule is O=C(CCn1cnc2sccc2c1=O)OCc1nnc(-c2ccc([N+](=O)[O-])cc2)o1. The van der Waals surface area contributed by atoms with Crippen molar-refractivity contribution in [1.29, 1.82) is 0 Å². The van der Waals surface area contributed by atoms with Gasteiger partial charge in [-0.3, -0.25) is 24.3 Å². The Labute approximate surface area is 171 Å². The predicted molar refractivity (Wildman–Crippen MR) is 105 cm³/mol. The van der Waals surface area contributed by atoms with E-state index in [0.29, 0.717) is 15.8 Å². The predicted octanol–water partition coefficient (Wildman–Crippen LogP) is 2.55. The smallest absolute Gasteiger partial charge is 0.308 e. The summed E-state index contributed by atoms with van der Waals surface area (Å²) in [6.07, 6.45) is 1.38. The molecule has 0 atom stereocenters. The van der Waals surface area contributed by atoms with Gasteiger partial charge < -0.3 is 9.15 Å². The molecule has 1 aromatic carbocycles. The van der Waals surface area contributed by atoms with Gasteiger partial charge in [-0.25, -0.2) is 4.98 Å². The third kappa shape index (κ3) is 4.07. The first-order chi connectivity index (χ1) is 14.5. The van der Waals surface area contributed by atoms with Crippen molar-refractivity contribution in [2.45, 2.75) is 19.6 Å². The van der Waals surface area contributed by atoms with E-state index in [2.05, 4.69) is 15.2 Å². The summed E-state index contributed by atoms with van der Waals surface area (Å²) in [5.74, 6) is -0.310. The Hall–Kier alpha value is -3.93. The number of nitro groups is 1. The maximum Gasteiger partial charge on any atom is 0.308 e. The second-order valence-electron chi connectivity index (χ2n) is 6.10. The summed E-state index contributed by atoms with van der Waals surface area (Å²) in [4.78, 5) is 39.3. The van der Waals surface area contributed by atoms with Crippen molar-refractivity contribution in [3.63, 3.8) is 0 Å². The summed E-state index contributed by atoms with van der Waals surface area (Å²) >= 11 is 1.37. The van der Waals surface area contributed by atoms with Crippen LogP contribution in [-0.2, 0) is 22.7 Å². The molecule has 0 fully saturated rings. The van der Waals surface area contributed by atoms with E-state index in [0.717, 1.165) is 0 Å². The van der Waals surface area contributed by atoms with Crippen LogP contribution in [0.2, 0.25) is 0 Å². The molecule has 0 saturated heterocycles. The zero-order chi connectivity index (χ0) is 21.1. The molecule has 4 rings (SSSR count). The van der Waals surface area contributed by atoms with Crippen LogP contribution in [0.25, 0.3) is 21.7 Å². The minimum atomic E-state index is -0.539. The Kier molecular flexibility index (Phi) is 5.30.